The zero-order valence-corrected chi connectivity index (χ0v) is 28.7. The van der Waals surface area contributed by atoms with Crippen LogP contribution in [0.4, 0.5) is 10.5 Å². The number of amidine groups is 1. The predicted molar refractivity (Wildman–Crippen MR) is 182 cm³/mol. The van der Waals surface area contributed by atoms with Crippen molar-refractivity contribution in [2.24, 2.45) is 5.73 Å². The van der Waals surface area contributed by atoms with Crippen molar-refractivity contribution < 1.29 is 42.1 Å². The number of aliphatic carboxylic acids is 1. The number of rotatable bonds is 21. The number of anilines is 1. The fraction of sp³-hybridized carbons (Fsp3) is 0.387. The molecule has 0 saturated heterocycles. The van der Waals surface area contributed by atoms with E-state index in [4.69, 9.17) is 35.2 Å². The summed E-state index contributed by atoms with van der Waals surface area (Å²) in [5.41, 5.74) is 8.28. The molecule has 0 unspecified atom stereocenters. The molecule has 3 rings (SSSR count). The Labute approximate surface area is 282 Å². The first-order chi connectivity index (χ1) is 22.5. The molecule has 13 nitrogen and oxygen atoms in total. The molecule has 0 atom stereocenters. The molecule has 2 aromatic carbocycles. The average Bonchev–Trinajstić information content (AvgIpc) is 3.49. The van der Waals surface area contributed by atoms with Crippen LogP contribution in [0.5, 0.6) is 0 Å². The van der Waals surface area contributed by atoms with Crippen LogP contribution < -0.4 is 16.4 Å². The lowest BCUT2D eigenvalue weighted by Crippen LogP contribution is -2.32. The van der Waals surface area contributed by atoms with Crippen molar-refractivity contribution in [3.63, 3.8) is 0 Å². The topological polar surface area (TPSA) is 199 Å². The molecule has 256 valence electrons. The van der Waals surface area contributed by atoms with Crippen molar-refractivity contribution in [1.82, 2.24) is 5.32 Å². The zero-order valence-electron chi connectivity index (χ0n) is 26.2. The highest BCUT2D eigenvalue weighted by Crippen LogP contribution is 2.38. The number of carboxylic acid groups (broad SMARTS) is 1. The van der Waals surface area contributed by atoms with E-state index >= 15 is 0 Å². The van der Waals surface area contributed by atoms with Gasteiger partial charge in [0.2, 0.25) is 9.84 Å². The SMILES string of the molecule is CSc1sc(C(=N)N)cc1S(=O)(=O)c1cccc(-c2c(C)cccc2NC(=O)NCCOCCOCCOCCOCCC(=O)O)c1. The number of hydrogen-bond donors (Lipinski definition) is 5. The number of benzene rings is 2. The van der Waals surface area contributed by atoms with Crippen LogP contribution in [0.2, 0.25) is 0 Å². The summed E-state index contributed by atoms with van der Waals surface area (Å²) in [7, 11) is -3.92. The number of aryl methyl sites for hydroxylation is 1. The maximum absolute atomic E-state index is 13.7. The van der Waals surface area contributed by atoms with Crippen LogP contribution in [-0.4, -0.2) is 97.0 Å². The summed E-state index contributed by atoms with van der Waals surface area (Å²) in [6, 6.07) is 13.0. The van der Waals surface area contributed by atoms with E-state index in [1.807, 2.05) is 13.0 Å². The zero-order chi connectivity index (χ0) is 34.2. The summed E-state index contributed by atoms with van der Waals surface area (Å²) in [4.78, 5) is 23.7. The molecule has 6 N–H and O–H groups in total. The molecule has 0 aliphatic heterocycles. The molecule has 0 bridgehead atoms. The summed E-state index contributed by atoms with van der Waals surface area (Å²) in [6.07, 6.45) is 1.74. The molecule has 0 aliphatic carbocycles. The van der Waals surface area contributed by atoms with E-state index in [9.17, 15) is 18.0 Å². The first-order valence-corrected chi connectivity index (χ1v) is 18.1. The van der Waals surface area contributed by atoms with Crippen molar-refractivity contribution in [3.8, 4) is 11.1 Å². The number of ether oxygens (including phenoxy) is 4. The summed E-state index contributed by atoms with van der Waals surface area (Å²) < 4.78 is 49.3. The number of nitrogens with one attached hydrogen (secondary N) is 3. The Hall–Kier alpha value is -3.51. The molecule has 16 heteroatoms. The van der Waals surface area contributed by atoms with Gasteiger partial charge in [-0.25, -0.2) is 13.2 Å². The van der Waals surface area contributed by atoms with E-state index in [0.717, 1.165) is 16.9 Å². The van der Waals surface area contributed by atoms with E-state index < -0.39 is 21.8 Å². The van der Waals surface area contributed by atoms with Crippen LogP contribution >= 0.6 is 23.1 Å². The fourth-order valence-electron chi connectivity index (χ4n) is 4.25. The summed E-state index contributed by atoms with van der Waals surface area (Å²) in [5.74, 6) is -1.09. The minimum absolute atomic E-state index is 0.0372. The average molecular weight is 709 g/mol. The van der Waals surface area contributed by atoms with Crippen molar-refractivity contribution in [2.75, 3.05) is 71.0 Å². The molecule has 47 heavy (non-hydrogen) atoms. The van der Waals surface area contributed by atoms with Gasteiger partial charge in [-0.1, -0.05) is 24.3 Å². The first kappa shape index (κ1) is 37.9. The van der Waals surface area contributed by atoms with Gasteiger partial charge in [-0.15, -0.1) is 23.1 Å². The maximum Gasteiger partial charge on any atom is 0.319 e. The molecular formula is C31H40N4O9S3. The van der Waals surface area contributed by atoms with E-state index in [-0.39, 0.29) is 41.8 Å². The van der Waals surface area contributed by atoms with Crippen LogP contribution in [0.1, 0.15) is 16.9 Å². The number of thiophene rings is 1. The minimum Gasteiger partial charge on any atom is -0.481 e. The number of nitrogens with two attached hydrogens (primary N) is 1. The molecule has 0 radical (unpaired) electrons. The van der Waals surface area contributed by atoms with E-state index in [1.54, 1.807) is 36.6 Å². The van der Waals surface area contributed by atoms with Crippen LogP contribution in [-0.2, 0) is 33.6 Å². The number of hydrogen-bond acceptors (Lipinski definition) is 11. The molecule has 3 aromatic rings. The van der Waals surface area contributed by atoms with Crippen molar-refractivity contribution in [1.29, 1.82) is 5.41 Å². The maximum atomic E-state index is 13.7. The lowest BCUT2D eigenvalue weighted by atomic mass is 9.98. The number of sulfone groups is 1. The highest BCUT2D eigenvalue weighted by atomic mass is 32.2. The molecule has 0 aliphatic rings. The second kappa shape index (κ2) is 19.3. The number of amides is 2. The van der Waals surface area contributed by atoms with Crippen LogP contribution in [0.3, 0.4) is 0 Å². The van der Waals surface area contributed by atoms with Crippen LogP contribution in [0.15, 0.2) is 62.5 Å². The van der Waals surface area contributed by atoms with Gasteiger partial charge in [0.25, 0.3) is 0 Å². The second-order valence-electron chi connectivity index (χ2n) is 9.88. The number of carbonyl (C=O) groups excluding carboxylic acids is 1. The Bertz CT molecular complexity index is 1610. The third-order valence-corrected chi connectivity index (χ3v) is 10.8. The Balaban J connectivity index is 1.47. The molecule has 0 spiro atoms. The van der Waals surface area contributed by atoms with E-state index in [0.29, 0.717) is 65.5 Å². The minimum atomic E-state index is -3.92. The van der Waals surface area contributed by atoms with Gasteiger partial charge in [0.15, 0.2) is 0 Å². The largest absolute Gasteiger partial charge is 0.481 e. The summed E-state index contributed by atoms with van der Waals surface area (Å²) in [5, 5.41) is 21.9. The summed E-state index contributed by atoms with van der Waals surface area (Å²) in [6.45, 7) is 4.67. The lowest BCUT2D eigenvalue weighted by Gasteiger charge is -2.16. The fourth-order valence-corrected chi connectivity index (χ4v) is 8.15. The van der Waals surface area contributed by atoms with Gasteiger partial charge in [0, 0.05) is 12.1 Å². The standard InChI is InChI=1S/C31H40N4O9S3/c1-21-5-3-8-24(35-31(38)34-10-12-42-14-16-44-18-17-43-15-13-41-11-9-27(36)37)28(21)22-6-4-7-23(19-22)47(39,40)26-20-25(29(32)33)46-30(26)45-2/h3-8,19-20H,9-18H2,1-2H3,(H3,32,33)(H,36,37)(H2,34,35,38). The Morgan fingerprint density at radius 3 is 2.17 bits per heavy atom. The van der Waals surface area contributed by atoms with Gasteiger partial charge in [0.05, 0.1) is 83.8 Å². The normalized spacial score (nSPS) is 11.4. The number of carbonyl (C=O) groups is 2. The van der Waals surface area contributed by atoms with Gasteiger partial charge in [-0.2, -0.15) is 0 Å². The molecule has 1 aromatic heterocycles. The van der Waals surface area contributed by atoms with Crippen molar-refractivity contribution in [2.45, 2.75) is 27.3 Å². The molecule has 0 saturated carbocycles. The van der Waals surface area contributed by atoms with Gasteiger partial charge in [0.1, 0.15) is 5.84 Å². The monoisotopic (exact) mass is 708 g/mol. The van der Waals surface area contributed by atoms with Gasteiger partial charge < -0.3 is 40.4 Å². The predicted octanol–water partition coefficient (Wildman–Crippen LogP) is 4.22. The van der Waals surface area contributed by atoms with Crippen molar-refractivity contribution in [3.05, 3.63) is 59.0 Å². The third-order valence-electron chi connectivity index (χ3n) is 6.47. The first-order valence-electron chi connectivity index (χ1n) is 14.6. The number of urea groups is 1. The summed E-state index contributed by atoms with van der Waals surface area (Å²) >= 11 is 2.45. The lowest BCUT2D eigenvalue weighted by molar-refractivity contribution is -0.138. The van der Waals surface area contributed by atoms with E-state index in [2.05, 4.69) is 10.6 Å². The highest BCUT2D eigenvalue weighted by Gasteiger charge is 2.25. The highest BCUT2D eigenvalue weighted by molar-refractivity contribution is 8.01. The molecule has 0 fully saturated rings. The van der Waals surface area contributed by atoms with Gasteiger partial charge >= 0.3 is 12.0 Å². The van der Waals surface area contributed by atoms with Crippen LogP contribution in [0.25, 0.3) is 11.1 Å². The molecular weight excluding hydrogens is 669 g/mol. The molecule has 1 heterocycles. The smallest absolute Gasteiger partial charge is 0.319 e. The van der Waals surface area contributed by atoms with Crippen LogP contribution in [0, 0.1) is 12.3 Å². The number of nitrogen functional groups attached to an aromatic ring is 1. The Morgan fingerprint density at radius 2 is 1.55 bits per heavy atom. The van der Waals surface area contributed by atoms with Crippen molar-refractivity contribution >= 4 is 56.5 Å². The number of thioether (sulfide) groups is 1. The number of carboxylic acids is 1. The van der Waals surface area contributed by atoms with E-state index in [1.165, 1.54) is 23.9 Å². The van der Waals surface area contributed by atoms with Gasteiger partial charge in [-0.05, 0) is 48.6 Å². The Morgan fingerprint density at radius 1 is 0.936 bits per heavy atom. The second-order valence-corrected chi connectivity index (χ2v) is 13.9. The quantitative estimate of drug-likeness (QED) is 0.0459. The van der Waals surface area contributed by atoms with Gasteiger partial charge in [-0.3, -0.25) is 10.2 Å². The third kappa shape index (κ3) is 11.9. The Kier molecular flexibility index (Phi) is 15.6. The molecule has 2 amide bonds.